The molecule has 1 aromatic carbocycles. The van der Waals surface area contributed by atoms with Gasteiger partial charge in [-0.25, -0.2) is 0 Å². The first kappa shape index (κ1) is 14.3. The van der Waals surface area contributed by atoms with Gasteiger partial charge in [0.25, 0.3) is 0 Å². The third-order valence-electron chi connectivity index (χ3n) is 4.19. The molecule has 3 nitrogen and oxygen atoms in total. The third kappa shape index (κ3) is 2.47. The highest BCUT2D eigenvalue weighted by Crippen LogP contribution is 2.36. The molecular formula is C15H21BO3. The molecule has 0 atom stereocenters. The maximum absolute atomic E-state index is 11.3. The molecule has 0 spiro atoms. The van der Waals surface area contributed by atoms with E-state index in [9.17, 15) is 4.79 Å². The summed E-state index contributed by atoms with van der Waals surface area (Å²) in [4.78, 5) is 11.3. The monoisotopic (exact) mass is 260 g/mol. The molecule has 0 N–H and O–H groups in total. The number of benzene rings is 1. The Bertz CT molecular complexity index is 478. The average Bonchev–Trinajstić information content (AvgIpc) is 2.57. The molecule has 1 aromatic rings. The molecule has 4 heteroatoms. The zero-order chi connectivity index (χ0) is 14.3. The van der Waals surface area contributed by atoms with E-state index in [1.165, 1.54) is 0 Å². The first-order valence-electron chi connectivity index (χ1n) is 6.74. The van der Waals surface area contributed by atoms with Gasteiger partial charge < -0.3 is 9.31 Å². The molecule has 1 fully saturated rings. The number of hydrogen-bond acceptors (Lipinski definition) is 3. The summed E-state index contributed by atoms with van der Waals surface area (Å²) in [7, 11) is -0.476. The van der Waals surface area contributed by atoms with Gasteiger partial charge in [-0.1, -0.05) is 19.1 Å². The van der Waals surface area contributed by atoms with Crippen LogP contribution in [0, 0.1) is 0 Å². The standard InChI is InChI=1S/C15H21BO3/c1-6-11-7-8-13(12(9-11)10-17)16-18-14(2,3)15(4,5)19-16/h7-10H,6H2,1-5H3. The fraction of sp³-hybridized carbons (Fsp3) is 0.533. The molecule has 0 amide bonds. The van der Waals surface area contributed by atoms with Crippen LogP contribution in [0.5, 0.6) is 0 Å². The van der Waals surface area contributed by atoms with E-state index in [4.69, 9.17) is 9.31 Å². The second kappa shape index (κ2) is 4.76. The summed E-state index contributed by atoms with van der Waals surface area (Å²) in [6, 6.07) is 5.87. The molecule has 1 aliphatic heterocycles. The number of hydrogen-bond donors (Lipinski definition) is 0. The molecule has 0 aromatic heterocycles. The van der Waals surface area contributed by atoms with Crippen molar-refractivity contribution in [3.05, 3.63) is 29.3 Å². The lowest BCUT2D eigenvalue weighted by atomic mass is 9.75. The second-order valence-corrected chi connectivity index (χ2v) is 6.02. The van der Waals surface area contributed by atoms with E-state index in [0.29, 0.717) is 5.56 Å². The lowest BCUT2D eigenvalue weighted by molar-refractivity contribution is 0.00578. The summed E-state index contributed by atoms with van der Waals surface area (Å²) in [6.07, 6.45) is 1.78. The summed E-state index contributed by atoms with van der Waals surface area (Å²) < 4.78 is 12.0. The highest BCUT2D eigenvalue weighted by atomic mass is 16.7. The molecule has 102 valence electrons. The first-order chi connectivity index (χ1) is 8.80. The van der Waals surface area contributed by atoms with Crippen molar-refractivity contribution in [3.8, 4) is 0 Å². The quantitative estimate of drug-likeness (QED) is 0.618. The Morgan fingerprint density at radius 1 is 1.16 bits per heavy atom. The van der Waals surface area contributed by atoms with E-state index in [1.54, 1.807) is 0 Å². The molecule has 1 saturated heterocycles. The van der Waals surface area contributed by atoms with Gasteiger partial charge in [0.15, 0.2) is 0 Å². The van der Waals surface area contributed by atoms with Crippen molar-refractivity contribution in [2.75, 3.05) is 0 Å². The van der Waals surface area contributed by atoms with Gasteiger partial charge in [-0.15, -0.1) is 0 Å². The van der Waals surface area contributed by atoms with Crippen molar-refractivity contribution >= 4 is 18.9 Å². The van der Waals surface area contributed by atoms with E-state index >= 15 is 0 Å². The van der Waals surface area contributed by atoms with Crippen LogP contribution in [0.4, 0.5) is 0 Å². The second-order valence-electron chi connectivity index (χ2n) is 6.02. The minimum Gasteiger partial charge on any atom is -0.399 e. The molecule has 19 heavy (non-hydrogen) atoms. The SMILES string of the molecule is CCc1ccc(B2OC(C)(C)C(C)(C)O2)c(C=O)c1. The maximum atomic E-state index is 11.3. The molecule has 1 heterocycles. The largest absolute Gasteiger partial charge is 0.495 e. The number of aldehydes is 1. The van der Waals surface area contributed by atoms with Crippen LogP contribution in [0.1, 0.15) is 50.5 Å². The molecule has 0 unspecified atom stereocenters. The van der Waals surface area contributed by atoms with Gasteiger partial charge in [-0.3, -0.25) is 4.79 Å². The smallest absolute Gasteiger partial charge is 0.399 e. The summed E-state index contributed by atoms with van der Waals surface area (Å²) in [5, 5.41) is 0. The normalized spacial score (nSPS) is 20.6. The zero-order valence-corrected chi connectivity index (χ0v) is 12.3. The maximum Gasteiger partial charge on any atom is 0.495 e. The number of rotatable bonds is 3. The van der Waals surface area contributed by atoms with Gasteiger partial charge in [-0.05, 0) is 51.2 Å². The van der Waals surface area contributed by atoms with Crippen LogP contribution in [-0.2, 0) is 15.7 Å². The Balaban J connectivity index is 2.37. The van der Waals surface area contributed by atoms with Crippen molar-refractivity contribution in [2.24, 2.45) is 0 Å². The van der Waals surface area contributed by atoms with Gasteiger partial charge in [0.1, 0.15) is 6.29 Å². The van der Waals surface area contributed by atoms with Crippen molar-refractivity contribution < 1.29 is 14.1 Å². The van der Waals surface area contributed by atoms with Crippen LogP contribution < -0.4 is 5.46 Å². The van der Waals surface area contributed by atoms with E-state index < -0.39 is 7.12 Å². The number of aryl methyl sites for hydroxylation is 1. The summed E-state index contributed by atoms with van der Waals surface area (Å²) in [5.41, 5.74) is 1.83. The minimum atomic E-state index is -0.476. The van der Waals surface area contributed by atoms with Crippen LogP contribution in [-0.4, -0.2) is 24.6 Å². The Kier molecular flexibility index (Phi) is 3.58. The summed E-state index contributed by atoms with van der Waals surface area (Å²) >= 11 is 0. The highest BCUT2D eigenvalue weighted by molar-refractivity contribution is 6.63. The molecule has 0 radical (unpaired) electrons. The van der Waals surface area contributed by atoms with Gasteiger partial charge in [0.2, 0.25) is 0 Å². The fourth-order valence-electron chi connectivity index (χ4n) is 2.13. The van der Waals surface area contributed by atoms with Crippen molar-refractivity contribution in [3.63, 3.8) is 0 Å². The topological polar surface area (TPSA) is 35.5 Å². The third-order valence-corrected chi connectivity index (χ3v) is 4.19. The van der Waals surface area contributed by atoms with E-state index in [0.717, 1.165) is 23.7 Å². The summed E-state index contributed by atoms with van der Waals surface area (Å²) in [5.74, 6) is 0. The minimum absolute atomic E-state index is 0.388. The molecule has 0 bridgehead atoms. The Hall–Kier alpha value is -1.13. The first-order valence-corrected chi connectivity index (χ1v) is 6.74. The summed E-state index contributed by atoms with van der Waals surface area (Å²) in [6.45, 7) is 10.1. The number of carbonyl (C=O) groups excluding carboxylic acids is 1. The van der Waals surface area contributed by atoms with E-state index in [1.807, 2.05) is 45.9 Å². The lowest BCUT2D eigenvalue weighted by Crippen LogP contribution is -2.41. The van der Waals surface area contributed by atoms with Crippen molar-refractivity contribution in [1.82, 2.24) is 0 Å². The van der Waals surface area contributed by atoms with Crippen LogP contribution in [0.15, 0.2) is 18.2 Å². The Labute approximate surface area is 115 Å². The lowest BCUT2D eigenvalue weighted by Gasteiger charge is -2.32. The van der Waals surface area contributed by atoms with Gasteiger partial charge in [0, 0.05) is 5.56 Å². The van der Waals surface area contributed by atoms with Crippen LogP contribution in [0.3, 0.4) is 0 Å². The average molecular weight is 260 g/mol. The predicted molar refractivity (Wildman–Crippen MR) is 76.9 cm³/mol. The van der Waals surface area contributed by atoms with Gasteiger partial charge in [0.05, 0.1) is 11.2 Å². The molecule has 0 aliphatic carbocycles. The Morgan fingerprint density at radius 3 is 2.21 bits per heavy atom. The molecule has 2 rings (SSSR count). The number of carbonyl (C=O) groups is 1. The molecule has 1 aliphatic rings. The van der Waals surface area contributed by atoms with Crippen LogP contribution in [0.2, 0.25) is 0 Å². The highest BCUT2D eigenvalue weighted by Gasteiger charge is 2.52. The predicted octanol–water partition coefficient (Wildman–Crippen LogP) is 2.36. The van der Waals surface area contributed by atoms with Gasteiger partial charge >= 0.3 is 7.12 Å². The van der Waals surface area contributed by atoms with Crippen molar-refractivity contribution in [2.45, 2.75) is 52.2 Å². The molecular weight excluding hydrogens is 239 g/mol. The molecule has 0 saturated carbocycles. The van der Waals surface area contributed by atoms with E-state index in [-0.39, 0.29) is 11.2 Å². The zero-order valence-electron chi connectivity index (χ0n) is 12.3. The van der Waals surface area contributed by atoms with Crippen LogP contribution >= 0.6 is 0 Å². The Morgan fingerprint density at radius 2 is 1.74 bits per heavy atom. The fourth-order valence-corrected chi connectivity index (χ4v) is 2.13. The van der Waals surface area contributed by atoms with Gasteiger partial charge in [-0.2, -0.15) is 0 Å². The van der Waals surface area contributed by atoms with Crippen molar-refractivity contribution in [1.29, 1.82) is 0 Å². The van der Waals surface area contributed by atoms with E-state index in [2.05, 4.69) is 6.92 Å². The van der Waals surface area contributed by atoms with Crippen LogP contribution in [0.25, 0.3) is 0 Å².